The lowest BCUT2D eigenvalue weighted by molar-refractivity contribution is 0.733. The van der Waals surface area contributed by atoms with Crippen molar-refractivity contribution in [2.45, 2.75) is 26.7 Å². The maximum absolute atomic E-state index is 4.69. The van der Waals surface area contributed by atoms with E-state index in [2.05, 4.69) is 58.8 Å². The topological polar surface area (TPSA) is 41.1 Å². The van der Waals surface area contributed by atoms with Crippen LogP contribution >= 0.6 is 0 Å². The molecule has 2 aromatic rings. The molecule has 0 atom stereocenters. The number of nitrogens with one attached hydrogen (secondary N) is 1. The second-order valence-electron chi connectivity index (χ2n) is 5.46. The first-order chi connectivity index (χ1) is 11.3. The van der Waals surface area contributed by atoms with Gasteiger partial charge in [-0.25, -0.2) is 4.98 Å². The van der Waals surface area contributed by atoms with Crippen LogP contribution in [-0.4, -0.2) is 29.6 Å². The van der Waals surface area contributed by atoms with Gasteiger partial charge in [0, 0.05) is 31.3 Å². The van der Waals surface area contributed by atoms with E-state index in [9.17, 15) is 0 Å². The fourth-order valence-corrected chi connectivity index (χ4v) is 2.48. The molecule has 0 saturated carbocycles. The third kappa shape index (κ3) is 4.81. The molecule has 4 nitrogen and oxygen atoms in total. The maximum Gasteiger partial charge on any atom is 0.225 e. The number of benzene rings is 1. The summed E-state index contributed by atoms with van der Waals surface area (Å²) < 4.78 is 0. The highest BCUT2D eigenvalue weighted by molar-refractivity contribution is 5.64. The molecule has 1 aromatic carbocycles. The molecule has 0 aliphatic heterocycles. The third-order valence-electron chi connectivity index (χ3n) is 3.50. The molecular weight excluding hydrogens is 284 g/mol. The Morgan fingerprint density at radius 2 is 1.78 bits per heavy atom. The molecule has 1 heterocycles. The van der Waals surface area contributed by atoms with Gasteiger partial charge in [0.1, 0.15) is 5.82 Å². The molecule has 1 aromatic heterocycles. The molecule has 0 spiro atoms. The molecule has 0 unspecified atom stereocenters. The van der Waals surface area contributed by atoms with E-state index in [0.717, 1.165) is 43.0 Å². The van der Waals surface area contributed by atoms with E-state index in [4.69, 9.17) is 0 Å². The van der Waals surface area contributed by atoms with Gasteiger partial charge in [0.15, 0.2) is 0 Å². The Hall–Kier alpha value is -2.36. The normalized spacial score (nSPS) is 10.3. The maximum atomic E-state index is 4.69. The minimum atomic E-state index is 0.651. The van der Waals surface area contributed by atoms with E-state index in [0.29, 0.717) is 12.5 Å². The highest BCUT2D eigenvalue weighted by Crippen LogP contribution is 2.23. The third-order valence-corrected chi connectivity index (χ3v) is 3.50. The summed E-state index contributed by atoms with van der Waals surface area (Å²) in [7, 11) is 0. The Balaban J connectivity index is 2.41. The summed E-state index contributed by atoms with van der Waals surface area (Å²) in [4.78, 5) is 11.7. The smallest absolute Gasteiger partial charge is 0.225 e. The summed E-state index contributed by atoms with van der Waals surface area (Å²) in [5.41, 5.74) is 2.05. The lowest BCUT2D eigenvalue weighted by Crippen LogP contribution is -2.26. The summed E-state index contributed by atoms with van der Waals surface area (Å²) in [6.45, 7) is 10.8. The average Bonchev–Trinajstić information content (AvgIpc) is 2.60. The van der Waals surface area contributed by atoms with E-state index in [1.807, 2.05) is 24.3 Å². The van der Waals surface area contributed by atoms with Crippen LogP contribution in [0, 0.1) is 0 Å². The summed E-state index contributed by atoms with van der Waals surface area (Å²) >= 11 is 0. The number of hydrogen-bond acceptors (Lipinski definition) is 4. The van der Waals surface area contributed by atoms with E-state index in [1.165, 1.54) is 0 Å². The van der Waals surface area contributed by atoms with Crippen molar-refractivity contribution >= 4 is 11.8 Å². The van der Waals surface area contributed by atoms with Gasteiger partial charge in [-0.15, -0.1) is 6.58 Å². The van der Waals surface area contributed by atoms with Gasteiger partial charge in [-0.2, -0.15) is 4.98 Å². The zero-order valence-electron chi connectivity index (χ0n) is 14.1. The van der Waals surface area contributed by atoms with Crippen LogP contribution in [0.1, 0.15) is 26.7 Å². The van der Waals surface area contributed by atoms with Crippen LogP contribution in [0.2, 0.25) is 0 Å². The molecule has 0 aliphatic rings. The molecule has 0 fully saturated rings. The number of nitrogens with zero attached hydrogens (tertiary/aromatic N) is 3. The fraction of sp³-hybridized carbons (Fsp3) is 0.368. The highest BCUT2D eigenvalue weighted by Gasteiger charge is 2.11. The van der Waals surface area contributed by atoms with Crippen molar-refractivity contribution in [3.05, 3.63) is 49.1 Å². The standard InChI is InChI=1S/C19H26N4/c1-4-12-20-19-21-17(16-10-8-7-9-11-16)15-18(22-19)23(13-5-2)14-6-3/h4,7-11,15H,1,5-6,12-14H2,2-3H3,(H,20,21,22). The van der Waals surface area contributed by atoms with Gasteiger partial charge in [0.05, 0.1) is 5.69 Å². The Morgan fingerprint density at radius 1 is 1.09 bits per heavy atom. The predicted molar refractivity (Wildman–Crippen MR) is 98.9 cm³/mol. The quantitative estimate of drug-likeness (QED) is 0.698. The molecule has 23 heavy (non-hydrogen) atoms. The fourth-order valence-electron chi connectivity index (χ4n) is 2.48. The van der Waals surface area contributed by atoms with Crippen molar-refractivity contribution < 1.29 is 0 Å². The van der Waals surface area contributed by atoms with Crippen LogP contribution in [0.15, 0.2) is 49.1 Å². The first-order valence-electron chi connectivity index (χ1n) is 8.32. The Morgan fingerprint density at radius 3 is 2.39 bits per heavy atom. The van der Waals surface area contributed by atoms with Gasteiger partial charge in [-0.1, -0.05) is 50.3 Å². The zero-order chi connectivity index (χ0) is 16.5. The van der Waals surface area contributed by atoms with Gasteiger partial charge >= 0.3 is 0 Å². The zero-order valence-corrected chi connectivity index (χ0v) is 14.1. The molecule has 0 amide bonds. The molecular formula is C19H26N4. The van der Waals surface area contributed by atoms with E-state index >= 15 is 0 Å². The number of rotatable bonds is 9. The first kappa shape index (κ1) is 17.0. The molecule has 0 radical (unpaired) electrons. The average molecular weight is 310 g/mol. The van der Waals surface area contributed by atoms with Crippen molar-refractivity contribution in [3.63, 3.8) is 0 Å². The lowest BCUT2D eigenvalue weighted by Gasteiger charge is -2.23. The van der Waals surface area contributed by atoms with Crippen LogP contribution in [-0.2, 0) is 0 Å². The number of hydrogen-bond donors (Lipinski definition) is 1. The first-order valence-corrected chi connectivity index (χ1v) is 8.32. The van der Waals surface area contributed by atoms with Crippen molar-refractivity contribution in [2.75, 3.05) is 29.9 Å². The van der Waals surface area contributed by atoms with E-state index < -0.39 is 0 Å². The summed E-state index contributed by atoms with van der Waals surface area (Å²) in [5.74, 6) is 1.63. The molecule has 0 bridgehead atoms. The van der Waals surface area contributed by atoms with Gasteiger partial charge in [-0.05, 0) is 12.8 Å². The molecule has 0 saturated heterocycles. The Labute approximate surface area is 139 Å². The lowest BCUT2D eigenvalue weighted by atomic mass is 10.1. The van der Waals surface area contributed by atoms with Gasteiger partial charge in [0.25, 0.3) is 0 Å². The van der Waals surface area contributed by atoms with Crippen molar-refractivity contribution in [1.29, 1.82) is 0 Å². The second kappa shape index (κ2) is 8.93. The van der Waals surface area contributed by atoms with Gasteiger partial charge in [-0.3, -0.25) is 0 Å². The van der Waals surface area contributed by atoms with Crippen LogP contribution in [0.3, 0.4) is 0 Å². The second-order valence-corrected chi connectivity index (χ2v) is 5.46. The van der Waals surface area contributed by atoms with Gasteiger partial charge in [0.2, 0.25) is 5.95 Å². The number of anilines is 2. The van der Waals surface area contributed by atoms with E-state index in [-0.39, 0.29) is 0 Å². The molecule has 122 valence electrons. The largest absolute Gasteiger partial charge is 0.356 e. The Bertz CT molecular complexity index is 604. The van der Waals surface area contributed by atoms with Crippen LogP contribution in [0.5, 0.6) is 0 Å². The molecule has 2 rings (SSSR count). The van der Waals surface area contributed by atoms with Crippen LogP contribution in [0.4, 0.5) is 11.8 Å². The van der Waals surface area contributed by atoms with Crippen molar-refractivity contribution in [1.82, 2.24) is 9.97 Å². The molecule has 0 aliphatic carbocycles. The summed E-state index contributed by atoms with van der Waals surface area (Å²) in [6.07, 6.45) is 4.01. The molecule has 4 heteroatoms. The highest BCUT2D eigenvalue weighted by atomic mass is 15.2. The minimum Gasteiger partial charge on any atom is -0.356 e. The monoisotopic (exact) mass is 310 g/mol. The summed E-state index contributed by atoms with van der Waals surface area (Å²) in [5, 5.41) is 3.22. The van der Waals surface area contributed by atoms with Gasteiger partial charge < -0.3 is 10.2 Å². The molecule has 1 N–H and O–H groups in total. The minimum absolute atomic E-state index is 0.651. The predicted octanol–water partition coefficient (Wildman–Crippen LogP) is 4.37. The summed E-state index contributed by atoms with van der Waals surface area (Å²) in [6, 6.07) is 12.3. The van der Waals surface area contributed by atoms with Crippen molar-refractivity contribution in [3.8, 4) is 11.3 Å². The van der Waals surface area contributed by atoms with Crippen molar-refractivity contribution in [2.24, 2.45) is 0 Å². The van der Waals surface area contributed by atoms with E-state index in [1.54, 1.807) is 0 Å². The Kier molecular flexibility index (Phi) is 6.60. The van der Waals surface area contributed by atoms with Crippen LogP contribution < -0.4 is 10.2 Å². The SMILES string of the molecule is C=CCNc1nc(-c2ccccc2)cc(N(CCC)CCC)n1. The van der Waals surface area contributed by atoms with Crippen LogP contribution in [0.25, 0.3) is 11.3 Å². The number of aromatic nitrogens is 2.